The maximum Gasteiger partial charge on any atom is 0.131 e. The molecule has 1 N–H and O–H groups in total. The van der Waals surface area contributed by atoms with Gasteiger partial charge in [-0.2, -0.15) is 0 Å². The van der Waals surface area contributed by atoms with Crippen LogP contribution in [0.4, 0.5) is 0 Å². The lowest BCUT2D eigenvalue weighted by Gasteiger charge is -2.13. The lowest BCUT2D eigenvalue weighted by Crippen LogP contribution is -2.06. The van der Waals surface area contributed by atoms with Crippen LogP contribution in [0, 0.1) is 0 Å². The molecule has 0 aliphatic carbocycles. The molecule has 1 atom stereocenters. The van der Waals surface area contributed by atoms with Gasteiger partial charge in [0.2, 0.25) is 0 Å². The van der Waals surface area contributed by atoms with Gasteiger partial charge in [0.05, 0.1) is 12.3 Å². The standard InChI is InChI=1S/C13H14ClNO2S/c1-8(2)17-10-5-3-4-9(6-10)12(16)13-15-7-11(14)18-13/h3-8,12,16H,1-2H3. The monoisotopic (exact) mass is 283 g/mol. The molecule has 0 radical (unpaired) electrons. The Morgan fingerprint density at radius 3 is 2.78 bits per heavy atom. The van der Waals surface area contributed by atoms with Crippen LogP contribution in [0.25, 0.3) is 0 Å². The van der Waals surface area contributed by atoms with Gasteiger partial charge >= 0.3 is 0 Å². The van der Waals surface area contributed by atoms with Crippen molar-refractivity contribution in [2.24, 2.45) is 0 Å². The molecule has 0 spiro atoms. The fourth-order valence-corrected chi connectivity index (χ4v) is 2.51. The Morgan fingerprint density at radius 1 is 1.39 bits per heavy atom. The normalized spacial score (nSPS) is 12.7. The SMILES string of the molecule is CC(C)Oc1cccc(C(O)c2ncc(Cl)s2)c1. The number of halogens is 1. The van der Waals surface area contributed by atoms with E-state index in [0.717, 1.165) is 11.3 Å². The first kappa shape index (κ1) is 13.3. The minimum absolute atomic E-state index is 0.103. The minimum Gasteiger partial charge on any atom is -0.491 e. The third-order valence-corrected chi connectivity index (χ3v) is 3.44. The van der Waals surface area contributed by atoms with E-state index in [4.69, 9.17) is 16.3 Å². The molecule has 1 unspecified atom stereocenters. The molecular formula is C13H14ClNO2S. The van der Waals surface area contributed by atoms with E-state index in [2.05, 4.69) is 4.98 Å². The van der Waals surface area contributed by atoms with Gasteiger partial charge < -0.3 is 9.84 Å². The van der Waals surface area contributed by atoms with E-state index in [0.29, 0.717) is 9.34 Å². The van der Waals surface area contributed by atoms with E-state index in [1.54, 1.807) is 6.20 Å². The lowest BCUT2D eigenvalue weighted by molar-refractivity contribution is 0.216. The fraction of sp³-hybridized carbons (Fsp3) is 0.308. The van der Waals surface area contributed by atoms with Crippen molar-refractivity contribution in [3.63, 3.8) is 0 Å². The summed E-state index contributed by atoms with van der Waals surface area (Å²) >= 11 is 7.09. The zero-order valence-corrected chi connectivity index (χ0v) is 11.7. The van der Waals surface area contributed by atoms with Crippen molar-refractivity contribution in [3.05, 3.63) is 45.4 Å². The maximum atomic E-state index is 10.2. The number of aromatic nitrogens is 1. The van der Waals surface area contributed by atoms with Gasteiger partial charge in [-0.25, -0.2) is 4.98 Å². The van der Waals surface area contributed by atoms with E-state index in [9.17, 15) is 5.11 Å². The summed E-state index contributed by atoms with van der Waals surface area (Å²) in [6.07, 6.45) is 0.879. The smallest absolute Gasteiger partial charge is 0.131 e. The van der Waals surface area contributed by atoms with Crippen LogP contribution in [0.5, 0.6) is 5.75 Å². The maximum absolute atomic E-state index is 10.2. The van der Waals surface area contributed by atoms with Crippen molar-refractivity contribution in [2.45, 2.75) is 26.1 Å². The second-order valence-electron chi connectivity index (χ2n) is 4.14. The van der Waals surface area contributed by atoms with Crippen LogP contribution in [0.3, 0.4) is 0 Å². The molecule has 2 aromatic rings. The van der Waals surface area contributed by atoms with Crippen LogP contribution in [0.2, 0.25) is 4.34 Å². The van der Waals surface area contributed by atoms with Gasteiger partial charge in [0.15, 0.2) is 0 Å². The van der Waals surface area contributed by atoms with Gasteiger partial charge in [0.25, 0.3) is 0 Å². The Balaban J connectivity index is 2.22. The van der Waals surface area contributed by atoms with E-state index >= 15 is 0 Å². The zero-order valence-electron chi connectivity index (χ0n) is 10.1. The van der Waals surface area contributed by atoms with Gasteiger partial charge in [-0.1, -0.05) is 23.7 Å². The van der Waals surface area contributed by atoms with Crippen LogP contribution in [0.1, 0.15) is 30.5 Å². The van der Waals surface area contributed by atoms with Crippen molar-refractivity contribution in [1.82, 2.24) is 4.98 Å². The van der Waals surface area contributed by atoms with Crippen LogP contribution < -0.4 is 4.74 Å². The Morgan fingerprint density at radius 2 is 2.17 bits per heavy atom. The molecule has 0 fully saturated rings. The first-order valence-corrected chi connectivity index (χ1v) is 6.81. The number of aliphatic hydroxyl groups is 1. The number of ether oxygens (including phenoxy) is 1. The predicted molar refractivity (Wildman–Crippen MR) is 73.4 cm³/mol. The number of rotatable bonds is 4. The summed E-state index contributed by atoms with van der Waals surface area (Å²) in [5.74, 6) is 0.740. The molecule has 0 saturated heterocycles. The van der Waals surface area contributed by atoms with E-state index < -0.39 is 6.10 Å². The topological polar surface area (TPSA) is 42.4 Å². The largest absolute Gasteiger partial charge is 0.491 e. The zero-order chi connectivity index (χ0) is 13.1. The van der Waals surface area contributed by atoms with Crippen molar-refractivity contribution in [2.75, 3.05) is 0 Å². The molecule has 0 amide bonds. The number of nitrogens with zero attached hydrogens (tertiary/aromatic N) is 1. The average molecular weight is 284 g/mol. The lowest BCUT2D eigenvalue weighted by atomic mass is 10.1. The Bertz CT molecular complexity index is 527. The first-order valence-electron chi connectivity index (χ1n) is 5.62. The van der Waals surface area contributed by atoms with Gasteiger partial charge in [-0.15, -0.1) is 11.3 Å². The van der Waals surface area contributed by atoms with E-state index in [1.807, 2.05) is 38.1 Å². The molecule has 1 heterocycles. The summed E-state index contributed by atoms with van der Waals surface area (Å²) in [5.41, 5.74) is 0.749. The minimum atomic E-state index is -0.766. The van der Waals surface area contributed by atoms with Crippen LogP contribution in [0.15, 0.2) is 30.5 Å². The molecule has 1 aromatic carbocycles. The Hall–Kier alpha value is -1.10. The highest BCUT2D eigenvalue weighted by Gasteiger charge is 2.15. The highest BCUT2D eigenvalue weighted by molar-refractivity contribution is 7.15. The van der Waals surface area contributed by atoms with E-state index in [1.165, 1.54) is 11.3 Å². The second kappa shape index (κ2) is 5.69. The van der Waals surface area contributed by atoms with Crippen LogP contribution >= 0.6 is 22.9 Å². The van der Waals surface area contributed by atoms with Gasteiger partial charge in [0.1, 0.15) is 21.2 Å². The number of hydrogen-bond donors (Lipinski definition) is 1. The number of hydrogen-bond acceptors (Lipinski definition) is 4. The summed E-state index contributed by atoms with van der Waals surface area (Å²) in [6.45, 7) is 3.92. The summed E-state index contributed by atoms with van der Waals surface area (Å²) < 4.78 is 6.16. The molecular weight excluding hydrogens is 270 g/mol. The molecule has 5 heteroatoms. The van der Waals surface area contributed by atoms with E-state index in [-0.39, 0.29) is 6.10 Å². The first-order chi connectivity index (χ1) is 8.56. The van der Waals surface area contributed by atoms with Gasteiger partial charge in [-0.05, 0) is 31.5 Å². The second-order valence-corrected chi connectivity index (χ2v) is 5.84. The highest BCUT2D eigenvalue weighted by atomic mass is 35.5. The fourth-order valence-electron chi connectivity index (χ4n) is 1.57. The Kier molecular flexibility index (Phi) is 4.22. The molecule has 3 nitrogen and oxygen atoms in total. The molecule has 2 rings (SSSR count). The highest BCUT2D eigenvalue weighted by Crippen LogP contribution is 2.30. The third kappa shape index (κ3) is 3.22. The summed E-state index contributed by atoms with van der Waals surface area (Å²) in [7, 11) is 0. The van der Waals surface area contributed by atoms with Crippen LogP contribution in [-0.4, -0.2) is 16.2 Å². The number of benzene rings is 1. The van der Waals surface area contributed by atoms with Gasteiger partial charge in [0, 0.05) is 0 Å². The molecule has 0 aliphatic heterocycles. The number of thiazole rings is 1. The van der Waals surface area contributed by atoms with Crippen molar-refractivity contribution < 1.29 is 9.84 Å². The predicted octanol–water partition coefficient (Wildman–Crippen LogP) is 3.67. The summed E-state index contributed by atoms with van der Waals surface area (Å²) in [6, 6.07) is 7.38. The van der Waals surface area contributed by atoms with Crippen molar-refractivity contribution >= 4 is 22.9 Å². The molecule has 18 heavy (non-hydrogen) atoms. The third-order valence-electron chi connectivity index (χ3n) is 2.27. The number of aliphatic hydroxyl groups excluding tert-OH is 1. The summed E-state index contributed by atoms with van der Waals surface area (Å²) in [5, 5.41) is 10.8. The summed E-state index contributed by atoms with van der Waals surface area (Å²) in [4.78, 5) is 4.08. The Labute approximate surface area is 115 Å². The molecule has 96 valence electrons. The van der Waals surface area contributed by atoms with Crippen molar-refractivity contribution in [1.29, 1.82) is 0 Å². The molecule has 1 aromatic heterocycles. The quantitative estimate of drug-likeness (QED) is 0.931. The molecule has 0 saturated carbocycles. The molecule has 0 aliphatic rings. The molecule has 0 bridgehead atoms. The van der Waals surface area contributed by atoms with Crippen LogP contribution in [-0.2, 0) is 0 Å². The average Bonchev–Trinajstić information content (AvgIpc) is 2.74. The van der Waals surface area contributed by atoms with Gasteiger partial charge in [-0.3, -0.25) is 0 Å². The van der Waals surface area contributed by atoms with Crippen molar-refractivity contribution in [3.8, 4) is 5.75 Å².